The number of carbonyl (C=O) groups excluding carboxylic acids is 2. The minimum Gasteiger partial charge on any atom is -0.478 e. The highest BCUT2D eigenvalue weighted by molar-refractivity contribution is 6.04. The minimum atomic E-state index is -1.10. The molecule has 1 heterocycles. The molecule has 2 amide bonds. The molecule has 2 atom stereocenters. The van der Waals surface area contributed by atoms with Gasteiger partial charge in [0, 0.05) is 6.54 Å². The van der Waals surface area contributed by atoms with Crippen LogP contribution in [0.25, 0.3) is 0 Å². The van der Waals surface area contributed by atoms with Crippen molar-refractivity contribution in [2.75, 3.05) is 11.9 Å². The lowest BCUT2D eigenvalue weighted by molar-refractivity contribution is -0.138. The molecule has 0 aromatic heterocycles. The van der Waals surface area contributed by atoms with Gasteiger partial charge in [-0.25, -0.2) is 4.79 Å². The first-order valence-corrected chi connectivity index (χ1v) is 8.92. The Hall–Kier alpha value is -2.41. The van der Waals surface area contributed by atoms with Crippen molar-refractivity contribution in [1.29, 1.82) is 0 Å². The molecule has 0 aliphatic carbocycles. The molecule has 2 rings (SSSR count). The second-order valence-electron chi connectivity index (χ2n) is 7.22. The maximum Gasteiger partial charge on any atom is 0.338 e. The van der Waals surface area contributed by atoms with Crippen LogP contribution in [0.4, 0.5) is 5.69 Å². The summed E-state index contributed by atoms with van der Waals surface area (Å²) < 4.78 is 0. The Labute approximate surface area is 153 Å². The molecule has 142 valence electrons. The molecule has 1 fully saturated rings. The predicted molar refractivity (Wildman–Crippen MR) is 98.9 cm³/mol. The van der Waals surface area contributed by atoms with Crippen LogP contribution in [0, 0.1) is 12.8 Å². The number of nitrogens with two attached hydrogens (primary N) is 1. The van der Waals surface area contributed by atoms with Crippen LogP contribution in [0.2, 0.25) is 0 Å². The van der Waals surface area contributed by atoms with E-state index >= 15 is 0 Å². The van der Waals surface area contributed by atoms with Crippen molar-refractivity contribution < 1.29 is 19.5 Å². The Bertz CT molecular complexity index is 702. The number of aryl methyl sites for hydroxylation is 1. The summed E-state index contributed by atoms with van der Waals surface area (Å²) in [6, 6.07) is 3.67. The van der Waals surface area contributed by atoms with Gasteiger partial charge in [0.2, 0.25) is 11.8 Å². The zero-order valence-corrected chi connectivity index (χ0v) is 15.5. The maximum absolute atomic E-state index is 12.7. The third-order valence-corrected chi connectivity index (χ3v) is 4.63. The van der Waals surface area contributed by atoms with E-state index in [1.807, 2.05) is 13.8 Å². The van der Waals surface area contributed by atoms with Gasteiger partial charge in [-0.15, -0.1) is 0 Å². The Morgan fingerprint density at radius 3 is 2.65 bits per heavy atom. The molecule has 4 N–H and O–H groups in total. The largest absolute Gasteiger partial charge is 0.478 e. The Balaban J connectivity index is 2.15. The monoisotopic (exact) mass is 361 g/mol. The molecule has 1 saturated heterocycles. The van der Waals surface area contributed by atoms with Crippen molar-refractivity contribution in [3.05, 3.63) is 29.3 Å². The van der Waals surface area contributed by atoms with Crippen LogP contribution in [0.5, 0.6) is 0 Å². The number of carbonyl (C=O) groups is 3. The summed E-state index contributed by atoms with van der Waals surface area (Å²) >= 11 is 0. The van der Waals surface area contributed by atoms with Crippen LogP contribution in [0.3, 0.4) is 0 Å². The van der Waals surface area contributed by atoms with Crippen molar-refractivity contribution >= 4 is 23.5 Å². The van der Waals surface area contributed by atoms with Crippen LogP contribution in [-0.2, 0) is 9.59 Å². The molecule has 26 heavy (non-hydrogen) atoms. The van der Waals surface area contributed by atoms with Gasteiger partial charge in [0.1, 0.15) is 6.04 Å². The van der Waals surface area contributed by atoms with E-state index in [0.29, 0.717) is 24.9 Å². The highest BCUT2D eigenvalue weighted by Gasteiger charge is 2.36. The van der Waals surface area contributed by atoms with Gasteiger partial charge in [-0.1, -0.05) is 26.0 Å². The summed E-state index contributed by atoms with van der Waals surface area (Å²) in [6.07, 6.45) is 1.82. The molecule has 1 aliphatic heterocycles. The van der Waals surface area contributed by atoms with Crippen molar-refractivity contribution in [3.8, 4) is 0 Å². The molecule has 0 spiro atoms. The van der Waals surface area contributed by atoms with Gasteiger partial charge in [0.25, 0.3) is 0 Å². The molecule has 0 saturated carbocycles. The number of hydrogen-bond acceptors (Lipinski definition) is 4. The van der Waals surface area contributed by atoms with Gasteiger partial charge in [-0.3, -0.25) is 9.59 Å². The smallest absolute Gasteiger partial charge is 0.338 e. The van der Waals surface area contributed by atoms with Crippen LogP contribution in [-0.4, -0.2) is 46.4 Å². The van der Waals surface area contributed by atoms with E-state index < -0.39 is 18.1 Å². The van der Waals surface area contributed by atoms with E-state index in [4.69, 9.17) is 5.73 Å². The molecular formula is C19H27N3O4. The number of anilines is 1. The Morgan fingerprint density at radius 2 is 2.04 bits per heavy atom. The molecule has 0 radical (unpaired) electrons. The van der Waals surface area contributed by atoms with Crippen LogP contribution in [0.1, 0.15) is 49.0 Å². The molecule has 1 aromatic carbocycles. The van der Waals surface area contributed by atoms with E-state index in [2.05, 4.69) is 5.32 Å². The van der Waals surface area contributed by atoms with Gasteiger partial charge in [0.15, 0.2) is 0 Å². The highest BCUT2D eigenvalue weighted by Crippen LogP contribution is 2.24. The zero-order valence-electron chi connectivity index (χ0n) is 15.5. The molecule has 1 aliphatic rings. The van der Waals surface area contributed by atoms with E-state index in [1.54, 1.807) is 25.1 Å². The summed E-state index contributed by atoms with van der Waals surface area (Å²) in [5, 5.41) is 12.1. The maximum atomic E-state index is 12.7. The van der Waals surface area contributed by atoms with Crippen LogP contribution in [0.15, 0.2) is 18.2 Å². The number of rotatable bonds is 6. The third-order valence-electron chi connectivity index (χ3n) is 4.63. The summed E-state index contributed by atoms with van der Waals surface area (Å²) in [4.78, 5) is 38.3. The van der Waals surface area contributed by atoms with Gasteiger partial charge >= 0.3 is 5.97 Å². The first-order chi connectivity index (χ1) is 12.2. The normalized spacial score (nSPS) is 18.0. The summed E-state index contributed by atoms with van der Waals surface area (Å²) in [7, 11) is 0. The fourth-order valence-electron chi connectivity index (χ4n) is 3.40. The van der Waals surface area contributed by atoms with Crippen molar-refractivity contribution in [2.45, 2.75) is 52.1 Å². The molecule has 7 nitrogen and oxygen atoms in total. The van der Waals surface area contributed by atoms with Gasteiger partial charge in [0.05, 0.1) is 17.3 Å². The standard InChI is InChI=1S/C19H27N3O4/c1-11(2)10-13(20)18(24)22-9-5-8-15(22)17(23)21-14-7-4-6-12(3)16(14)19(25)26/h4,6-7,11,13,15H,5,8-10,20H2,1-3H3,(H,21,23)(H,25,26). The number of benzene rings is 1. The SMILES string of the molecule is Cc1cccc(NC(=O)C2CCCN2C(=O)C(N)CC(C)C)c1C(=O)O. The fraction of sp³-hybridized carbons (Fsp3) is 0.526. The molecule has 7 heteroatoms. The average Bonchev–Trinajstić information content (AvgIpc) is 3.02. The quantitative estimate of drug-likeness (QED) is 0.717. The van der Waals surface area contributed by atoms with Gasteiger partial charge in [-0.05, 0) is 43.7 Å². The number of carboxylic acids is 1. The Kier molecular flexibility index (Phi) is 6.37. The zero-order chi connectivity index (χ0) is 19.4. The van der Waals surface area contributed by atoms with E-state index in [9.17, 15) is 19.5 Å². The molecule has 0 bridgehead atoms. The Morgan fingerprint density at radius 1 is 1.35 bits per heavy atom. The molecule has 2 unspecified atom stereocenters. The lowest BCUT2D eigenvalue weighted by atomic mass is 10.0. The number of aromatic carboxylic acids is 1. The van der Waals surface area contributed by atoms with E-state index in [-0.39, 0.29) is 29.0 Å². The van der Waals surface area contributed by atoms with Gasteiger partial charge in [-0.2, -0.15) is 0 Å². The van der Waals surface area contributed by atoms with Crippen molar-refractivity contribution in [2.24, 2.45) is 11.7 Å². The fourth-order valence-corrected chi connectivity index (χ4v) is 3.40. The summed E-state index contributed by atoms with van der Waals surface area (Å²) in [6.45, 7) is 6.15. The number of nitrogens with zero attached hydrogens (tertiary/aromatic N) is 1. The number of likely N-dealkylation sites (tertiary alicyclic amines) is 1. The van der Waals surface area contributed by atoms with Gasteiger partial charge < -0.3 is 21.1 Å². The van der Waals surface area contributed by atoms with E-state index in [0.717, 1.165) is 6.42 Å². The minimum absolute atomic E-state index is 0.0632. The predicted octanol–water partition coefficient (Wildman–Crippen LogP) is 2.00. The van der Waals surface area contributed by atoms with Crippen molar-refractivity contribution in [3.63, 3.8) is 0 Å². The molecular weight excluding hydrogens is 334 g/mol. The highest BCUT2D eigenvalue weighted by atomic mass is 16.4. The van der Waals surface area contributed by atoms with E-state index in [1.165, 1.54) is 4.90 Å². The number of nitrogens with one attached hydrogen (secondary N) is 1. The summed E-state index contributed by atoms with van der Waals surface area (Å²) in [5.41, 5.74) is 6.87. The number of hydrogen-bond donors (Lipinski definition) is 3. The summed E-state index contributed by atoms with van der Waals surface area (Å²) in [5.74, 6) is -1.41. The van der Waals surface area contributed by atoms with Crippen molar-refractivity contribution in [1.82, 2.24) is 4.90 Å². The second kappa shape index (κ2) is 8.31. The molecule has 1 aromatic rings. The van der Waals surface area contributed by atoms with Crippen LogP contribution < -0.4 is 11.1 Å². The number of carboxylic acid groups (broad SMARTS) is 1. The number of amides is 2. The first kappa shape index (κ1) is 19.9. The van der Waals surface area contributed by atoms with Crippen LogP contribution >= 0.6 is 0 Å². The topological polar surface area (TPSA) is 113 Å². The second-order valence-corrected chi connectivity index (χ2v) is 7.22. The lowest BCUT2D eigenvalue weighted by Gasteiger charge is -2.27. The third kappa shape index (κ3) is 4.40. The average molecular weight is 361 g/mol. The first-order valence-electron chi connectivity index (χ1n) is 8.92. The lowest BCUT2D eigenvalue weighted by Crippen LogP contribution is -2.50.